The molecule has 6 heteroatoms. The van der Waals surface area contributed by atoms with Gasteiger partial charge >= 0.3 is 6.03 Å². The minimum absolute atomic E-state index is 0.161. The van der Waals surface area contributed by atoms with Crippen LogP contribution in [0.15, 0.2) is 42.5 Å². The number of carbonyl (C=O) groups excluding carboxylic acids is 1. The predicted octanol–water partition coefficient (Wildman–Crippen LogP) is 3.10. The van der Waals surface area contributed by atoms with Crippen LogP contribution < -0.4 is 24.4 Å². The van der Waals surface area contributed by atoms with Gasteiger partial charge in [-0.1, -0.05) is 18.2 Å². The molecule has 0 unspecified atom stereocenters. The molecule has 0 saturated carbocycles. The van der Waals surface area contributed by atoms with Gasteiger partial charge in [0, 0.05) is 25.3 Å². The van der Waals surface area contributed by atoms with E-state index < -0.39 is 0 Å². The number of rotatable bonds is 7. The van der Waals surface area contributed by atoms with E-state index in [1.54, 1.807) is 39.3 Å². The molecule has 2 aromatic rings. The molecule has 0 saturated heterocycles. The molecule has 0 atom stereocenters. The van der Waals surface area contributed by atoms with Crippen molar-refractivity contribution in [3.8, 4) is 17.2 Å². The third kappa shape index (κ3) is 4.56. The Kier molecular flexibility index (Phi) is 6.51. The highest BCUT2D eigenvalue weighted by molar-refractivity contribution is 5.91. The Balaban J connectivity index is 2.00. The summed E-state index contributed by atoms with van der Waals surface area (Å²) in [5.41, 5.74) is 1.77. The second kappa shape index (κ2) is 8.82. The van der Waals surface area contributed by atoms with E-state index >= 15 is 0 Å². The van der Waals surface area contributed by atoms with Crippen molar-refractivity contribution in [3.05, 3.63) is 48.0 Å². The molecule has 2 amide bonds. The first-order chi connectivity index (χ1) is 12.1. The maximum absolute atomic E-state index is 12.3. The SMILES string of the molecule is COc1cc(OC)c(OC)cc1CCNC(=O)N(C)c1ccccc1. The van der Waals surface area contributed by atoms with E-state index in [9.17, 15) is 4.79 Å². The van der Waals surface area contributed by atoms with Crippen LogP contribution in [0, 0.1) is 0 Å². The topological polar surface area (TPSA) is 60.0 Å². The number of nitrogens with one attached hydrogen (secondary N) is 1. The van der Waals surface area contributed by atoms with Crippen molar-refractivity contribution in [1.29, 1.82) is 0 Å². The van der Waals surface area contributed by atoms with E-state index in [0.717, 1.165) is 11.3 Å². The molecule has 6 nitrogen and oxygen atoms in total. The lowest BCUT2D eigenvalue weighted by Gasteiger charge is -2.18. The Morgan fingerprint density at radius 3 is 2.16 bits per heavy atom. The normalized spacial score (nSPS) is 10.1. The molecule has 0 bridgehead atoms. The Morgan fingerprint density at radius 1 is 0.960 bits per heavy atom. The van der Waals surface area contributed by atoms with E-state index in [2.05, 4.69) is 5.32 Å². The summed E-state index contributed by atoms with van der Waals surface area (Å²) in [6.07, 6.45) is 0.609. The zero-order chi connectivity index (χ0) is 18.2. The molecule has 0 heterocycles. The third-order valence-electron chi connectivity index (χ3n) is 3.91. The van der Waals surface area contributed by atoms with E-state index in [1.165, 1.54) is 0 Å². The Morgan fingerprint density at radius 2 is 1.56 bits per heavy atom. The molecule has 0 fully saturated rings. The number of anilines is 1. The maximum atomic E-state index is 12.3. The number of benzene rings is 2. The highest BCUT2D eigenvalue weighted by Crippen LogP contribution is 2.34. The van der Waals surface area contributed by atoms with Crippen molar-refractivity contribution < 1.29 is 19.0 Å². The van der Waals surface area contributed by atoms with Crippen LogP contribution in [0.2, 0.25) is 0 Å². The van der Waals surface area contributed by atoms with Crippen LogP contribution in [-0.4, -0.2) is 41.0 Å². The summed E-state index contributed by atoms with van der Waals surface area (Å²) >= 11 is 0. The smallest absolute Gasteiger partial charge is 0.321 e. The Hall–Kier alpha value is -2.89. The average molecular weight is 344 g/mol. The summed E-state index contributed by atoms with van der Waals surface area (Å²) < 4.78 is 16.0. The molecule has 0 spiro atoms. The number of para-hydroxylation sites is 1. The van der Waals surface area contributed by atoms with Gasteiger partial charge in [0.2, 0.25) is 0 Å². The van der Waals surface area contributed by atoms with Crippen molar-refractivity contribution in [2.24, 2.45) is 0 Å². The van der Waals surface area contributed by atoms with Gasteiger partial charge in [-0.15, -0.1) is 0 Å². The van der Waals surface area contributed by atoms with Gasteiger partial charge in [0.15, 0.2) is 11.5 Å². The summed E-state index contributed by atoms with van der Waals surface area (Å²) in [6, 6.07) is 13.0. The first kappa shape index (κ1) is 18.4. The van der Waals surface area contributed by atoms with E-state index in [0.29, 0.717) is 30.2 Å². The average Bonchev–Trinajstić information content (AvgIpc) is 2.67. The molecule has 0 radical (unpaired) electrons. The van der Waals surface area contributed by atoms with Crippen LogP contribution in [0.5, 0.6) is 17.2 Å². The highest BCUT2D eigenvalue weighted by atomic mass is 16.5. The molecule has 1 N–H and O–H groups in total. The molecular formula is C19H24N2O4. The fourth-order valence-electron chi connectivity index (χ4n) is 2.48. The van der Waals surface area contributed by atoms with Gasteiger partial charge in [-0.2, -0.15) is 0 Å². The number of hydrogen-bond donors (Lipinski definition) is 1. The van der Waals surface area contributed by atoms with Crippen molar-refractivity contribution in [2.75, 3.05) is 39.8 Å². The van der Waals surface area contributed by atoms with Gasteiger partial charge in [0.1, 0.15) is 5.75 Å². The molecule has 0 aliphatic carbocycles. The molecule has 134 valence electrons. The second-order valence-corrected chi connectivity index (χ2v) is 5.40. The zero-order valence-corrected chi connectivity index (χ0v) is 15.0. The molecule has 2 aromatic carbocycles. The maximum Gasteiger partial charge on any atom is 0.321 e. The van der Waals surface area contributed by atoms with E-state index in [1.807, 2.05) is 36.4 Å². The fraction of sp³-hybridized carbons (Fsp3) is 0.316. The first-order valence-corrected chi connectivity index (χ1v) is 7.96. The molecule has 0 aromatic heterocycles. The van der Waals surface area contributed by atoms with Gasteiger partial charge < -0.3 is 19.5 Å². The lowest BCUT2D eigenvalue weighted by Crippen LogP contribution is -2.38. The molecular weight excluding hydrogens is 320 g/mol. The zero-order valence-electron chi connectivity index (χ0n) is 15.0. The van der Waals surface area contributed by atoms with Gasteiger partial charge in [-0.25, -0.2) is 4.79 Å². The summed E-state index contributed by atoms with van der Waals surface area (Å²) in [5.74, 6) is 1.94. The third-order valence-corrected chi connectivity index (χ3v) is 3.91. The van der Waals surface area contributed by atoms with Crippen molar-refractivity contribution in [3.63, 3.8) is 0 Å². The largest absolute Gasteiger partial charge is 0.496 e. The minimum Gasteiger partial charge on any atom is -0.496 e. The standard InChI is InChI=1S/C19H24N2O4/c1-21(15-8-6-5-7-9-15)19(22)20-11-10-14-12-17(24-3)18(25-4)13-16(14)23-2/h5-9,12-13H,10-11H2,1-4H3,(H,20,22). The quantitative estimate of drug-likeness (QED) is 0.838. The summed E-state index contributed by atoms with van der Waals surface area (Å²) in [6.45, 7) is 0.474. The number of amides is 2. The number of methoxy groups -OCH3 is 3. The number of ether oxygens (including phenoxy) is 3. The number of urea groups is 1. The molecule has 25 heavy (non-hydrogen) atoms. The van der Waals surface area contributed by atoms with Crippen LogP contribution in [0.25, 0.3) is 0 Å². The van der Waals surface area contributed by atoms with Crippen LogP contribution in [0.4, 0.5) is 10.5 Å². The Bertz CT molecular complexity index is 704. The fourth-order valence-corrected chi connectivity index (χ4v) is 2.48. The Labute approximate surface area is 148 Å². The minimum atomic E-state index is -0.161. The molecule has 0 aliphatic heterocycles. The monoisotopic (exact) mass is 344 g/mol. The van der Waals surface area contributed by atoms with Gasteiger partial charge in [-0.3, -0.25) is 4.90 Å². The summed E-state index contributed by atoms with van der Waals surface area (Å²) in [7, 11) is 6.51. The summed E-state index contributed by atoms with van der Waals surface area (Å²) in [4.78, 5) is 13.8. The summed E-state index contributed by atoms with van der Waals surface area (Å²) in [5, 5.41) is 2.91. The van der Waals surface area contributed by atoms with Crippen molar-refractivity contribution in [2.45, 2.75) is 6.42 Å². The van der Waals surface area contributed by atoms with Crippen LogP contribution in [-0.2, 0) is 6.42 Å². The van der Waals surface area contributed by atoms with Crippen molar-refractivity contribution in [1.82, 2.24) is 5.32 Å². The van der Waals surface area contributed by atoms with Crippen LogP contribution >= 0.6 is 0 Å². The second-order valence-electron chi connectivity index (χ2n) is 5.40. The first-order valence-electron chi connectivity index (χ1n) is 7.96. The van der Waals surface area contributed by atoms with Gasteiger partial charge in [0.25, 0.3) is 0 Å². The highest BCUT2D eigenvalue weighted by Gasteiger charge is 2.13. The predicted molar refractivity (Wildman–Crippen MR) is 98.0 cm³/mol. The number of carbonyl (C=O) groups is 1. The van der Waals surface area contributed by atoms with E-state index in [-0.39, 0.29) is 6.03 Å². The molecule has 0 aliphatic rings. The lowest BCUT2D eigenvalue weighted by molar-refractivity contribution is 0.247. The van der Waals surface area contributed by atoms with Gasteiger partial charge in [0.05, 0.1) is 21.3 Å². The molecule has 2 rings (SSSR count). The van der Waals surface area contributed by atoms with Crippen LogP contribution in [0.1, 0.15) is 5.56 Å². The number of hydrogen-bond acceptors (Lipinski definition) is 4. The van der Waals surface area contributed by atoms with Gasteiger partial charge in [-0.05, 0) is 30.2 Å². The van der Waals surface area contributed by atoms with E-state index in [4.69, 9.17) is 14.2 Å². The van der Waals surface area contributed by atoms with Crippen molar-refractivity contribution >= 4 is 11.7 Å². The number of nitrogens with zero attached hydrogens (tertiary/aromatic N) is 1. The lowest BCUT2D eigenvalue weighted by atomic mass is 10.1. The van der Waals surface area contributed by atoms with Crippen LogP contribution in [0.3, 0.4) is 0 Å².